The fraction of sp³-hybridized carbons (Fsp3) is 0.286. The van der Waals surface area contributed by atoms with Crippen LogP contribution in [-0.4, -0.2) is 33.6 Å². The van der Waals surface area contributed by atoms with Gasteiger partial charge < -0.3 is 9.84 Å². The molecule has 1 heterocycles. The Labute approximate surface area is 79.6 Å². The van der Waals surface area contributed by atoms with Crippen molar-refractivity contribution in [2.75, 3.05) is 6.54 Å². The molecular weight excluding hydrogens is 194 g/mol. The fourth-order valence-corrected chi connectivity index (χ4v) is 1.10. The van der Waals surface area contributed by atoms with Gasteiger partial charge in [0.1, 0.15) is 6.54 Å². The van der Waals surface area contributed by atoms with E-state index < -0.39 is 18.4 Å². The molecule has 1 aliphatic heterocycles. The number of carbonyl (C=O) groups is 2. The molecule has 0 unspecified atom stereocenters. The quantitative estimate of drug-likeness (QED) is 0.507. The van der Waals surface area contributed by atoms with E-state index in [-0.39, 0.29) is 10.9 Å². The topological polar surface area (TPSA) is 66.8 Å². The summed E-state index contributed by atoms with van der Waals surface area (Å²) in [7, 11) is 0. The van der Waals surface area contributed by atoms with Crippen molar-refractivity contribution >= 4 is 29.3 Å². The molecule has 13 heavy (non-hydrogen) atoms. The summed E-state index contributed by atoms with van der Waals surface area (Å²) in [6, 6.07) is 0. The van der Waals surface area contributed by atoms with Crippen LogP contribution in [0.2, 0.25) is 0 Å². The first-order valence-electron chi connectivity index (χ1n) is 3.48. The zero-order valence-electron chi connectivity index (χ0n) is 6.81. The van der Waals surface area contributed by atoms with E-state index in [0.717, 1.165) is 4.90 Å². The highest BCUT2D eigenvalue weighted by Gasteiger charge is 2.33. The number of amides is 1. The Hall–Kier alpha value is -1.43. The van der Waals surface area contributed by atoms with Crippen molar-refractivity contribution < 1.29 is 19.4 Å². The third-order valence-corrected chi connectivity index (χ3v) is 1.73. The van der Waals surface area contributed by atoms with Gasteiger partial charge in [0.15, 0.2) is 5.76 Å². The first-order valence-corrected chi connectivity index (χ1v) is 3.89. The number of ether oxygens (including phenoxy) is 1. The summed E-state index contributed by atoms with van der Waals surface area (Å²) in [6.45, 7) is 1.15. The Balaban J connectivity index is 2.82. The molecule has 0 aromatic carbocycles. The molecule has 70 valence electrons. The van der Waals surface area contributed by atoms with Crippen LogP contribution in [0.25, 0.3) is 0 Å². The first-order chi connectivity index (χ1) is 6.06. The molecule has 1 saturated heterocycles. The summed E-state index contributed by atoms with van der Waals surface area (Å²) in [5, 5.41) is 8.33. The highest BCUT2D eigenvalue weighted by atomic mass is 32.1. The van der Waals surface area contributed by atoms with Gasteiger partial charge in [-0.15, -0.1) is 0 Å². The maximum atomic E-state index is 11.3. The highest BCUT2D eigenvalue weighted by Crippen LogP contribution is 2.15. The number of hydrogen-bond acceptors (Lipinski definition) is 4. The number of rotatable bonds is 2. The molecule has 1 fully saturated rings. The second kappa shape index (κ2) is 3.53. The second-order valence-corrected chi connectivity index (χ2v) is 2.66. The summed E-state index contributed by atoms with van der Waals surface area (Å²) < 4.78 is 4.84. The Bertz CT molecular complexity index is 310. The number of carbonyl (C=O) groups excluding carboxylic acids is 1. The van der Waals surface area contributed by atoms with Crippen LogP contribution < -0.4 is 0 Å². The lowest BCUT2D eigenvalue weighted by molar-refractivity contribution is -0.140. The number of nitrogens with zero attached hydrogens (tertiary/aromatic N) is 1. The molecule has 5 nitrogen and oxygen atoms in total. The Morgan fingerprint density at radius 2 is 2.38 bits per heavy atom. The van der Waals surface area contributed by atoms with Crippen molar-refractivity contribution in [3.05, 3.63) is 11.8 Å². The van der Waals surface area contributed by atoms with E-state index in [4.69, 9.17) is 9.84 Å². The first kappa shape index (κ1) is 9.66. The van der Waals surface area contributed by atoms with Gasteiger partial charge in [0.05, 0.1) is 0 Å². The average molecular weight is 201 g/mol. The van der Waals surface area contributed by atoms with E-state index in [1.54, 1.807) is 6.92 Å². The SMILES string of the molecule is C/C=C1/OC(=S)N(CC(=O)O)C1=O. The van der Waals surface area contributed by atoms with Gasteiger partial charge in [0.25, 0.3) is 11.1 Å². The van der Waals surface area contributed by atoms with Gasteiger partial charge in [-0.25, -0.2) is 0 Å². The van der Waals surface area contributed by atoms with Crippen molar-refractivity contribution in [2.24, 2.45) is 0 Å². The van der Waals surface area contributed by atoms with Gasteiger partial charge in [0.2, 0.25) is 0 Å². The van der Waals surface area contributed by atoms with Crippen molar-refractivity contribution in [3.63, 3.8) is 0 Å². The van der Waals surface area contributed by atoms with Crippen LogP contribution in [-0.2, 0) is 14.3 Å². The van der Waals surface area contributed by atoms with Crippen LogP contribution in [0, 0.1) is 0 Å². The third kappa shape index (κ3) is 1.83. The van der Waals surface area contributed by atoms with Crippen LogP contribution in [0.4, 0.5) is 0 Å². The van der Waals surface area contributed by atoms with Gasteiger partial charge >= 0.3 is 5.97 Å². The highest BCUT2D eigenvalue weighted by molar-refractivity contribution is 7.80. The normalized spacial score (nSPS) is 19.5. The molecule has 0 atom stereocenters. The monoisotopic (exact) mass is 201 g/mol. The number of aliphatic carboxylic acids is 1. The van der Waals surface area contributed by atoms with Crippen LogP contribution in [0.5, 0.6) is 0 Å². The summed E-state index contributed by atoms with van der Waals surface area (Å²) in [4.78, 5) is 22.5. The molecule has 1 aliphatic rings. The van der Waals surface area contributed by atoms with Crippen molar-refractivity contribution in [1.29, 1.82) is 0 Å². The van der Waals surface area contributed by atoms with E-state index >= 15 is 0 Å². The minimum Gasteiger partial charge on any atom is -0.480 e. The zero-order chi connectivity index (χ0) is 10.0. The smallest absolute Gasteiger partial charge is 0.323 e. The van der Waals surface area contributed by atoms with E-state index in [2.05, 4.69) is 12.2 Å². The van der Waals surface area contributed by atoms with Crippen LogP contribution >= 0.6 is 12.2 Å². The summed E-state index contributed by atoms with van der Waals surface area (Å²) in [5.74, 6) is -1.56. The van der Waals surface area contributed by atoms with E-state index in [1.165, 1.54) is 6.08 Å². The van der Waals surface area contributed by atoms with Crippen molar-refractivity contribution in [1.82, 2.24) is 4.90 Å². The molecular formula is C7H7NO4S. The van der Waals surface area contributed by atoms with E-state index in [1.807, 2.05) is 0 Å². The van der Waals surface area contributed by atoms with Crippen molar-refractivity contribution in [2.45, 2.75) is 6.92 Å². The predicted molar refractivity (Wildman–Crippen MR) is 46.8 cm³/mol. The molecule has 1 amide bonds. The van der Waals surface area contributed by atoms with Gasteiger partial charge in [-0.2, -0.15) is 0 Å². The maximum Gasteiger partial charge on any atom is 0.323 e. The molecule has 0 spiro atoms. The minimum absolute atomic E-state index is 0.0752. The lowest BCUT2D eigenvalue weighted by Gasteiger charge is -2.07. The van der Waals surface area contributed by atoms with Gasteiger partial charge in [0, 0.05) is 0 Å². The molecule has 1 N–H and O–H groups in total. The van der Waals surface area contributed by atoms with Crippen LogP contribution in [0.1, 0.15) is 6.92 Å². The van der Waals surface area contributed by atoms with Gasteiger partial charge in [-0.3, -0.25) is 14.5 Å². The lowest BCUT2D eigenvalue weighted by Crippen LogP contribution is -2.33. The number of hydrogen-bond donors (Lipinski definition) is 1. The second-order valence-electron chi connectivity index (χ2n) is 2.31. The number of carboxylic acid groups (broad SMARTS) is 1. The molecule has 0 aromatic rings. The molecule has 0 aromatic heterocycles. The lowest BCUT2D eigenvalue weighted by atomic mass is 10.4. The van der Waals surface area contributed by atoms with E-state index in [0.29, 0.717) is 0 Å². The molecule has 0 saturated carbocycles. The maximum absolute atomic E-state index is 11.3. The molecule has 1 rings (SSSR count). The molecule has 0 aliphatic carbocycles. The number of carboxylic acids is 1. The molecule has 0 bridgehead atoms. The van der Waals surface area contributed by atoms with Crippen LogP contribution in [0.3, 0.4) is 0 Å². The fourth-order valence-electron chi connectivity index (χ4n) is 0.863. The Morgan fingerprint density at radius 3 is 2.77 bits per heavy atom. The number of thiocarbonyl (C=S) groups is 1. The Kier molecular flexibility index (Phi) is 2.62. The predicted octanol–water partition coefficient (Wildman–Crippen LogP) is 0.118. The van der Waals surface area contributed by atoms with Gasteiger partial charge in [-0.05, 0) is 25.2 Å². The average Bonchev–Trinajstić information content (AvgIpc) is 2.31. The number of allylic oxidation sites excluding steroid dienone is 1. The van der Waals surface area contributed by atoms with Gasteiger partial charge in [-0.1, -0.05) is 0 Å². The zero-order valence-corrected chi connectivity index (χ0v) is 7.63. The van der Waals surface area contributed by atoms with Crippen molar-refractivity contribution in [3.8, 4) is 0 Å². The molecule has 0 radical (unpaired) electrons. The van der Waals surface area contributed by atoms with Crippen LogP contribution in [0.15, 0.2) is 11.8 Å². The summed E-state index contributed by atoms with van der Waals surface area (Å²) in [6.07, 6.45) is 1.44. The molecule has 6 heteroatoms. The standard InChI is InChI=1S/C7H7NO4S/c1-2-4-6(11)8(3-5(9)10)7(13)12-4/h2H,3H2,1H3,(H,9,10)/b4-2+. The Morgan fingerprint density at radius 1 is 1.77 bits per heavy atom. The summed E-state index contributed by atoms with van der Waals surface area (Å²) in [5.41, 5.74) is 0. The largest absolute Gasteiger partial charge is 0.480 e. The third-order valence-electron chi connectivity index (χ3n) is 1.43. The minimum atomic E-state index is -1.13. The van der Waals surface area contributed by atoms with E-state index in [9.17, 15) is 9.59 Å². The summed E-state index contributed by atoms with van der Waals surface area (Å²) >= 11 is 4.66.